The van der Waals surface area contributed by atoms with Gasteiger partial charge in [-0.15, -0.1) is 0 Å². The van der Waals surface area contributed by atoms with Crippen molar-refractivity contribution in [3.8, 4) is 0 Å². The molecular weight excluding hydrogens is 577 g/mol. The molecule has 0 aliphatic carbocycles. The molecule has 3 aromatic carbocycles. The summed E-state index contributed by atoms with van der Waals surface area (Å²) in [5.74, 6) is 0.137. The van der Waals surface area contributed by atoms with Gasteiger partial charge in [0.25, 0.3) is 8.32 Å². The first-order valence-corrected chi connectivity index (χ1v) is 17.4. The number of hydrogen-bond donors (Lipinski definition) is 1. The zero-order valence-corrected chi connectivity index (χ0v) is 27.2. The molecule has 1 aromatic heterocycles. The minimum atomic E-state index is -2.82. The Labute approximate surface area is 260 Å². The van der Waals surface area contributed by atoms with Crippen LogP contribution in [0.4, 0.5) is 10.2 Å². The molecular formula is C35H41ClFN3O2Si. The topological polar surface area (TPSA) is 60.6 Å². The van der Waals surface area contributed by atoms with Crippen LogP contribution in [-0.2, 0) is 9.16 Å². The van der Waals surface area contributed by atoms with Gasteiger partial charge in [0.05, 0.1) is 24.9 Å². The van der Waals surface area contributed by atoms with E-state index in [-0.39, 0.29) is 23.6 Å². The Morgan fingerprint density at radius 2 is 1.67 bits per heavy atom. The first-order valence-electron chi connectivity index (χ1n) is 15.1. The lowest BCUT2D eigenvalue weighted by Crippen LogP contribution is -2.71. The third kappa shape index (κ3) is 5.40. The van der Waals surface area contributed by atoms with Gasteiger partial charge in [-0.3, -0.25) is 4.90 Å². The average molecular weight is 618 g/mol. The number of halogens is 2. The number of hydrogen-bond acceptors (Lipinski definition) is 5. The van der Waals surface area contributed by atoms with E-state index in [1.54, 1.807) is 6.20 Å². The van der Waals surface area contributed by atoms with Gasteiger partial charge in [0.1, 0.15) is 12.0 Å². The SMILES string of the molecule is CC(C)(C)[Si](O[C@H]1COC[C@@]1(C)N1CC[C@@H](c2cc3cc(N)ncc3cc2Cl)[C@H](F)C1)(c1ccccc1)c1ccccc1. The summed E-state index contributed by atoms with van der Waals surface area (Å²) in [7, 11) is -2.82. The summed E-state index contributed by atoms with van der Waals surface area (Å²) in [6.45, 7) is 11.0. The second-order valence-corrected chi connectivity index (χ2v) is 18.0. The van der Waals surface area contributed by atoms with Crippen molar-refractivity contribution >= 4 is 46.9 Å². The van der Waals surface area contributed by atoms with E-state index >= 15 is 4.39 Å². The van der Waals surface area contributed by atoms with Crippen molar-refractivity contribution in [2.24, 2.45) is 0 Å². The number of piperidine rings is 1. The Morgan fingerprint density at radius 1 is 1.02 bits per heavy atom. The first kappa shape index (κ1) is 30.2. The Morgan fingerprint density at radius 3 is 2.28 bits per heavy atom. The molecule has 2 saturated heterocycles. The van der Waals surface area contributed by atoms with E-state index in [4.69, 9.17) is 26.5 Å². The van der Waals surface area contributed by atoms with Crippen molar-refractivity contribution < 1.29 is 13.6 Å². The average Bonchev–Trinajstić information content (AvgIpc) is 3.36. The van der Waals surface area contributed by atoms with Gasteiger partial charge in [0.15, 0.2) is 0 Å². The molecule has 2 aliphatic heterocycles. The summed E-state index contributed by atoms with van der Waals surface area (Å²) in [6.07, 6.45) is 1.05. The molecule has 0 amide bonds. The minimum Gasteiger partial charge on any atom is -0.400 e. The number of fused-ring (bicyclic) bond motifs is 1. The lowest BCUT2D eigenvalue weighted by atomic mass is 9.84. The maximum Gasteiger partial charge on any atom is 0.261 e. The largest absolute Gasteiger partial charge is 0.400 e. The van der Waals surface area contributed by atoms with E-state index in [0.717, 1.165) is 22.9 Å². The van der Waals surface area contributed by atoms with E-state index in [9.17, 15) is 0 Å². The van der Waals surface area contributed by atoms with Crippen molar-refractivity contribution in [3.05, 3.63) is 95.6 Å². The summed E-state index contributed by atoms with van der Waals surface area (Å²) >= 11 is 6.71. The molecule has 4 aromatic rings. The lowest BCUT2D eigenvalue weighted by Gasteiger charge is -2.50. The van der Waals surface area contributed by atoms with Crippen LogP contribution >= 0.6 is 11.6 Å². The summed E-state index contributed by atoms with van der Waals surface area (Å²) in [5, 5.41) is 4.69. The van der Waals surface area contributed by atoms with Crippen molar-refractivity contribution in [3.63, 3.8) is 0 Å². The van der Waals surface area contributed by atoms with Gasteiger partial charge < -0.3 is 14.9 Å². The molecule has 5 nitrogen and oxygen atoms in total. The molecule has 4 atom stereocenters. The molecule has 3 heterocycles. The van der Waals surface area contributed by atoms with E-state index in [1.807, 2.05) is 18.2 Å². The predicted octanol–water partition coefficient (Wildman–Crippen LogP) is 6.33. The van der Waals surface area contributed by atoms with Crippen LogP contribution in [0, 0.1) is 0 Å². The fourth-order valence-corrected chi connectivity index (χ4v) is 12.3. The number of benzene rings is 3. The molecule has 0 radical (unpaired) electrons. The molecule has 0 bridgehead atoms. The zero-order valence-electron chi connectivity index (χ0n) is 25.4. The third-order valence-electron chi connectivity index (χ3n) is 9.61. The lowest BCUT2D eigenvalue weighted by molar-refractivity contribution is -0.0183. The monoisotopic (exact) mass is 617 g/mol. The summed E-state index contributed by atoms with van der Waals surface area (Å²) in [6, 6.07) is 27.0. The van der Waals surface area contributed by atoms with Gasteiger partial charge in [-0.2, -0.15) is 0 Å². The number of anilines is 1. The van der Waals surface area contributed by atoms with E-state index in [1.165, 1.54) is 10.4 Å². The van der Waals surface area contributed by atoms with Crippen LogP contribution in [0.1, 0.15) is 45.6 Å². The number of alkyl halides is 1. The summed E-state index contributed by atoms with van der Waals surface area (Å²) in [4.78, 5) is 6.44. The van der Waals surface area contributed by atoms with Crippen LogP contribution in [0.15, 0.2) is 85.1 Å². The molecule has 226 valence electrons. The quantitative estimate of drug-likeness (QED) is 0.256. The maximum absolute atomic E-state index is 16.2. The number of likely N-dealkylation sites (tertiary alicyclic amines) is 1. The van der Waals surface area contributed by atoms with Crippen LogP contribution < -0.4 is 16.1 Å². The zero-order chi connectivity index (χ0) is 30.4. The van der Waals surface area contributed by atoms with E-state index < -0.39 is 20.0 Å². The van der Waals surface area contributed by atoms with Crippen LogP contribution in [0.2, 0.25) is 10.1 Å². The Bertz CT molecular complexity index is 1550. The molecule has 2 N–H and O–H groups in total. The number of nitrogens with zero attached hydrogens (tertiary/aromatic N) is 2. The van der Waals surface area contributed by atoms with Crippen LogP contribution in [0.5, 0.6) is 0 Å². The normalized spacial score (nSPS) is 25.3. The van der Waals surface area contributed by atoms with Gasteiger partial charge in [-0.05, 0) is 64.4 Å². The predicted molar refractivity (Wildman–Crippen MR) is 177 cm³/mol. The van der Waals surface area contributed by atoms with Crippen molar-refractivity contribution in [2.45, 2.75) is 62.9 Å². The Kier molecular flexibility index (Phi) is 8.15. The highest BCUT2D eigenvalue weighted by Crippen LogP contribution is 2.43. The molecule has 2 aliphatic rings. The molecule has 43 heavy (non-hydrogen) atoms. The van der Waals surface area contributed by atoms with Gasteiger partial charge in [-0.1, -0.05) is 93.0 Å². The molecule has 6 rings (SSSR count). The highest BCUT2D eigenvalue weighted by Gasteiger charge is 2.56. The molecule has 0 spiro atoms. The smallest absolute Gasteiger partial charge is 0.261 e. The maximum atomic E-state index is 16.2. The number of ether oxygens (including phenoxy) is 1. The second-order valence-electron chi connectivity index (χ2n) is 13.3. The summed E-state index contributed by atoms with van der Waals surface area (Å²) < 4.78 is 30.0. The highest BCUT2D eigenvalue weighted by molar-refractivity contribution is 6.99. The molecule has 0 saturated carbocycles. The van der Waals surface area contributed by atoms with Crippen LogP contribution in [0.3, 0.4) is 0 Å². The number of aromatic nitrogens is 1. The number of pyridine rings is 1. The number of nitrogens with two attached hydrogens (primary N) is 1. The van der Waals surface area contributed by atoms with Crippen molar-refractivity contribution in [1.82, 2.24) is 9.88 Å². The van der Waals surface area contributed by atoms with Gasteiger partial charge in [0.2, 0.25) is 0 Å². The van der Waals surface area contributed by atoms with Gasteiger partial charge in [-0.25, -0.2) is 9.37 Å². The fraction of sp³-hybridized carbons (Fsp3) is 0.400. The first-order chi connectivity index (χ1) is 20.5. The molecule has 2 fully saturated rings. The van der Waals surface area contributed by atoms with Crippen molar-refractivity contribution in [2.75, 3.05) is 32.0 Å². The number of nitrogen functional groups attached to an aromatic ring is 1. The molecule has 0 unspecified atom stereocenters. The fourth-order valence-electron chi connectivity index (χ4n) is 7.21. The Hall–Kier alpha value is -2.81. The van der Waals surface area contributed by atoms with E-state index in [0.29, 0.717) is 30.5 Å². The van der Waals surface area contributed by atoms with Gasteiger partial charge >= 0.3 is 0 Å². The van der Waals surface area contributed by atoms with Gasteiger partial charge in [0, 0.05) is 29.1 Å². The molecule has 8 heteroatoms. The summed E-state index contributed by atoms with van der Waals surface area (Å²) in [5.41, 5.74) is 6.29. The highest BCUT2D eigenvalue weighted by atomic mass is 35.5. The second kappa shape index (κ2) is 11.6. The number of rotatable bonds is 6. The van der Waals surface area contributed by atoms with Crippen LogP contribution in [0.25, 0.3) is 10.8 Å². The Balaban J connectivity index is 1.31. The van der Waals surface area contributed by atoms with Crippen molar-refractivity contribution in [1.29, 1.82) is 0 Å². The third-order valence-corrected chi connectivity index (χ3v) is 15.0. The minimum absolute atomic E-state index is 0.166. The van der Waals surface area contributed by atoms with Crippen LogP contribution in [-0.4, -0.2) is 62.3 Å². The standard InChI is InChI=1S/C35H41ClFN3O2Si/c1-34(2,3)43(26-11-7-5-8-12-26,27-13-9-6-10-14-27)42-32-22-41-23-35(32,4)40-16-15-28(31(37)21-40)29-17-24-19-33(38)39-20-25(24)18-30(29)36/h5-14,17-20,28,31-32H,15-16,21-23H2,1-4H3,(H2,38,39)/t28-,31+,32-,35+/m0/s1. The van der Waals surface area contributed by atoms with E-state index in [2.05, 4.69) is 98.2 Å².